The van der Waals surface area contributed by atoms with Gasteiger partial charge in [-0.05, 0) is 54.6 Å². The molecule has 0 aliphatic heterocycles. The van der Waals surface area contributed by atoms with Gasteiger partial charge in [0.1, 0.15) is 5.75 Å². The fourth-order valence-corrected chi connectivity index (χ4v) is 4.92. The van der Waals surface area contributed by atoms with E-state index in [0.29, 0.717) is 27.0 Å². The molecule has 0 heterocycles. The maximum atomic E-state index is 13.3. The third kappa shape index (κ3) is 5.64. The zero-order chi connectivity index (χ0) is 25.7. The first-order chi connectivity index (χ1) is 17.3. The summed E-state index contributed by atoms with van der Waals surface area (Å²) >= 11 is 3.37. The maximum absolute atomic E-state index is 13.3. The molecule has 0 atom stereocenters. The number of carbonyl (C=O) groups excluding carboxylic acids is 2. The van der Waals surface area contributed by atoms with Crippen LogP contribution in [0, 0.1) is 0 Å². The summed E-state index contributed by atoms with van der Waals surface area (Å²) < 4.78 is 34.1. The Morgan fingerprint density at radius 2 is 1.44 bits per heavy atom. The van der Waals surface area contributed by atoms with Crippen LogP contribution in [0.5, 0.6) is 5.75 Å². The number of amides is 1. The van der Waals surface area contributed by atoms with Crippen molar-refractivity contribution >= 4 is 49.0 Å². The first-order valence-corrected chi connectivity index (χ1v) is 13.0. The fourth-order valence-electron chi connectivity index (χ4n) is 3.48. The second-order valence-electron chi connectivity index (χ2n) is 7.67. The molecule has 0 saturated heterocycles. The van der Waals surface area contributed by atoms with Crippen molar-refractivity contribution in [2.45, 2.75) is 4.90 Å². The van der Waals surface area contributed by atoms with Crippen molar-refractivity contribution in [1.29, 1.82) is 0 Å². The summed E-state index contributed by atoms with van der Waals surface area (Å²) in [6.07, 6.45) is 0. The number of sulfonamides is 1. The Bertz CT molecular complexity index is 1520. The highest BCUT2D eigenvalue weighted by atomic mass is 79.9. The topological polar surface area (TPSA) is 102 Å². The SMILES string of the molecule is COc1ccc(S(=O)(=O)Nc2ccccc2C(=O)Nc2ccc(Br)cc2C(=O)c2ccccc2)cc1. The number of rotatable bonds is 8. The number of halogens is 1. The highest BCUT2D eigenvalue weighted by Gasteiger charge is 2.21. The largest absolute Gasteiger partial charge is 0.497 e. The number of nitrogens with one attached hydrogen (secondary N) is 2. The molecule has 0 bridgehead atoms. The van der Waals surface area contributed by atoms with Gasteiger partial charge in [-0.1, -0.05) is 58.4 Å². The molecule has 7 nitrogen and oxygen atoms in total. The number of hydrogen-bond acceptors (Lipinski definition) is 5. The molecular weight excluding hydrogens is 544 g/mol. The van der Waals surface area contributed by atoms with Gasteiger partial charge in [-0.3, -0.25) is 14.3 Å². The van der Waals surface area contributed by atoms with Crippen LogP contribution in [0.2, 0.25) is 0 Å². The van der Waals surface area contributed by atoms with Gasteiger partial charge < -0.3 is 10.1 Å². The van der Waals surface area contributed by atoms with Crippen LogP contribution < -0.4 is 14.8 Å². The number of carbonyl (C=O) groups is 2. The van der Waals surface area contributed by atoms with Gasteiger partial charge >= 0.3 is 0 Å². The van der Waals surface area contributed by atoms with Crippen molar-refractivity contribution in [2.24, 2.45) is 0 Å². The van der Waals surface area contributed by atoms with Crippen LogP contribution in [0.25, 0.3) is 0 Å². The monoisotopic (exact) mass is 564 g/mol. The quantitative estimate of drug-likeness (QED) is 0.265. The van der Waals surface area contributed by atoms with E-state index < -0.39 is 15.9 Å². The molecule has 4 rings (SSSR count). The summed E-state index contributed by atoms with van der Waals surface area (Å²) in [7, 11) is -2.49. The van der Waals surface area contributed by atoms with Gasteiger partial charge in [0.25, 0.3) is 15.9 Å². The molecule has 4 aromatic carbocycles. The van der Waals surface area contributed by atoms with Crippen LogP contribution in [0.3, 0.4) is 0 Å². The van der Waals surface area contributed by atoms with Crippen molar-refractivity contribution in [3.63, 3.8) is 0 Å². The van der Waals surface area contributed by atoms with Crippen LogP contribution in [0.15, 0.2) is 106 Å². The average molecular weight is 565 g/mol. The number of hydrogen-bond donors (Lipinski definition) is 2. The van der Waals surface area contributed by atoms with E-state index in [0.717, 1.165) is 0 Å². The molecular formula is C27H21BrN2O5S. The Morgan fingerprint density at radius 1 is 0.778 bits per heavy atom. The van der Waals surface area contributed by atoms with Crippen LogP contribution in [0.1, 0.15) is 26.3 Å². The first-order valence-electron chi connectivity index (χ1n) is 10.7. The van der Waals surface area contributed by atoms with E-state index in [-0.39, 0.29) is 21.9 Å². The minimum Gasteiger partial charge on any atom is -0.497 e. The van der Waals surface area contributed by atoms with Crippen LogP contribution in [0.4, 0.5) is 11.4 Å². The van der Waals surface area contributed by atoms with Gasteiger partial charge in [0, 0.05) is 15.6 Å². The summed E-state index contributed by atoms with van der Waals surface area (Å²) in [6, 6.07) is 25.8. The molecule has 2 N–H and O–H groups in total. The van der Waals surface area contributed by atoms with Crippen molar-refractivity contribution in [3.05, 3.63) is 118 Å². The Balaban J connectivity index is 1.63. The van der Waals surface area contributed by atoms with E-state index in [2.05, 4.69) is 26.0 Å². The minimum absolute atomic E-state index is 0.0159. The lowest BCUT2D eigenvalue weighted by molar-refractivity contribution is 0.102. The number of ketones is 1. The Kier molecular flexibility index (Phi) is 7.52. The Morgan fingerprint density at radius 3 is 2.14 bits per heavy atom. The zero-order valence-corrected chi connectivity index (χ0v) is 21.5. The van der Waals surface area contributed by atoms with Gasteiger partial charge in [-0.25, -0.2) is 8.42 Å². The van der Waals surface area contributed by atoms with E-state index in [1.165, 1.54) is 43.5 Å². The van der Waals surface area contributed by atoms with Crippen LogP contribution in [-0.4, -0.2) is 27.2 Å². The van der Waals surface area contributed by atoms with Gasteiger partial charge in [0.05, 0.1) is 28.9 Å². The summed E-state index contributed by atoms with van der Waals surface area (Å²) in [4.78, 5) is 26.4. The van der Waals surface area contributed by atoms with Crippen molar-refractivity contribution in [1.82, 2.24) is 0 Å². The predicted octanol–water partition coefficient (Wildman–Crippen LogP) is 5.74. The molecule has 0 saturated carbocycles. The molecule has 0 aliphatic rings. The third-order valence-corrected chi connectivity index (χ3v) is 7.17. The molecule has 0 radical (unpaired) electrons. The Labute approximate surface area is 217 Å². The van der Waals surface area contributed by atoms with E-state index in [4.69, 9.17) is 4.74 Å². The lowest BCUT2D eigenvalue weighted by atomic mass is 10.0. The maximum Gasteiger partial charge on any atom is 0.261 e. The molecule has 0 fully saturated rings. The highest BCUT2D eigenvalue weighted by Crippen LogP contribution is 2.27. The standard InChI is InChI=1S/C27H21BrN2O5S/c1-35-20-12-14-21(15-13-20)36(33,34)30-25-10-6-5-9-22(25)27(32)29-24-16-11-19(28)17-23(24)26(31)18-7-3-2-4-8-18/h2-17,30H,1H3,(H,29,32). The van der Waals surface area contributed by atoms with E-state index >= 15 is 0 Å². The lowest BCUT2D eigenvalue weighted by Crippen LogP contribution is -2.19. The predicted molar refractivity (Wildman–Crippen MR) is 142 cm³/mol. The second-order valence-corrected chi connectivity index (χ2v) is 10.3. The normalized spacial score (nSPS) is 10.9. The number of benzene rings is 4. The van der Waals surface area contributed by atoms with E-state index in [1.54, 1.807) is 54.6 Å². The van der Waals surface area contributed by atoms with E-state index in [9.17, 15) is 18.0 Å². The first kappa shape index (κ1) is 25.2. The molecule has 0 aromatic heterocycles. The molecule has 9 heteroatoms. The molecule has 36 heavy (non-hydrogen) atoms. The smallest absolute Gasteiger partial charge is 0.261 e. The van der Waals surface area contributed by atoms with Gasteiger partial charge in [0.2, 0.25) is 0 Å². The van der Waals surface area contributed by atoms with Gasteiger partial charge in [0.15, 0.2) is 5.78 Å². The molecule has 0 spiro atoms. The summed E-state index contributed by atoms with van der Waals surface area (Å²) in [5, 5.41) is 2.75. The molecule has 4 aromatic rings. The summed E-state index contributed by atoms with van der Waals surface area (Å²) in [5.74, 6) is -0.322. The molecule has 0 aliphatic carbocycles. The molecule has 182 valence electrons. The molecule has 0 unspecified atom stereocenters. The minimum atomic E-state index is -3.98. The fraction of sp³-hybridized carbons (Fsp3) is 0.0370. The van der Waals surface area contributed by atoms with Gasteiger partial charge in [-0.2, -0.15) is 0 Å². The summed E-state index contributed by atoms with van der Waals surface area (Å²) in [5.41, 5.74) is 1.25. The highest BCUT2D eigenvalue weighted by molar-refractivity contribution is 9.10. The van der Waals surface area contributed by atoms with Crippen molar-refractivity contribution < 1.29 is 22.7 Å². The second kappa shape index (κ2) is 10.8. The van der Waals surface area contributed by atoms with Crippen LogP contribution >= 0.6 is 15.9 Å². The zero-order valence-electron chi connectivity index (χ0n) is 19.1. The molecule has 1 amide bonds. The van der Waals surface area contributed by atoms with E-state index in [1.807, 2.05) is 6.07 Å². The number of methoxy groups -OCH3 is 1. The summed E-state index contributed by atoms with van der Waals surface area (Å²) in [6.45, 7) is 0. The number of anilines is 2. The number of ether oxygens (including phenoxy) is 1. The van der Waals surface area contributed by atoms with Crippen molar-refractivity contribution in [2.75, 3.05) is 17.1 Å². The van der Waals surface area contributed by atoms with Gasteiger partial charge in [-0.15, -0.1) is 0 Å². The number of para-hydroxylation sites is 1. The van der Waals surface area contributed by atoms with Crippen molar-refractivity contribution in [3.8, 4) is 5.75 Å². The Hall–Kier alpha value is -3.95. The third-order valence-electron chi connectivity index (χ3n) is 5.30. The average Bonchev–Trinajstić information content (AvgIpc) is 2.90. The lowest BCUT2D eigenvalue weighted by Gasteiger charge is -2.15. The van der Waals surface area contributed by atoms with Crippen LogP contribution in [-0.2, 0) is 10.0 Å².